The Bertz CT molecular complexity index is 857. The summed E-state index contributed by atoms with van der Waals surface area (Å²) in [7, 11) is 0. The molecule has 0 spiro atoms. The molecule has 0 bridgehead atoms. The van der Waals surface area contributed by atoms with E-state index in [0.717, 1.165) is 49.7 Å². The summed E-state index contributed by atoms with van der Waals surface area (Å²) >= 11 is 0. The average molecular weight is 364 g/mol. The molecule has 1 aliphatic heterocycles. The number of ether oxygens (including phenoxy) is 1. The first kappa shape index (κ1) is 17.7. The van der Waals surface area contributed by atoms with Gasteiger partial charge in [0, 0.05) is 24.9 Å². The molecule has 0 N–H and O–H groups in total. The number of benzene rings is 1. The van der Waals surface area contributed by atoms with E-state index >= 15 is 0 Å². The van der Waals surface area contributed by atoms with Crippen LogP contribution in [0.3, 0.4) is 0 Å². The van der Waals surface area contributed by atoms with E-state index in [1.165, 1.54) is 5.56 Å². The minimum atomic E-state index is 0.330. The standard InChI is InChI=1S/C21H24N4O2/c1-16-4-2-6-19(14-16)26-13-12-25-10-7-17(8-11-25)20-23-24-21(27-20)18-5-3-9-22-15-18/h2-6,9,14-15,17H,7-8,10-13H2,1H3. The number of nitrogens with zero attached hydrogens (tertiary/aromatic N) is 4. The smallest absolute Gasteiger partial charge is 0.249 e. The summed E-state index contributed by atoms with van der Waals surface area (Å²) in [6.07, 6.45) is 5.53. The first-order valence-electron chi connectivity index (χ1n) is 9.43. The van der Waals surface area contributed by atoms with E-state index in [4.69, 9.17) is 9.15 Å². The van der Waals surface area contributed by atoms with E-state index in [-0.39, 0.29) is 0 Å². The van der Waals surface area contributed by atoms with Crippen molar-refractivity contribution in [3.8, 4) is 17.2 Å². The highest BCUT2D eigenvalue weighted by atomic mass is 16.5. The topological polar surface area (TPSA) is 64.3 Å². The molecule has 0 aliphatic carbocycles. The SMILES string of the molecule is Cc1cccc(OCCN2CCC(c3nnc(-c4cccnc4)o3)CC2)c1. The number of aryl methyl sites for hydroxylation is 1. The number of likely N-dealkylation sites (tertiary alicyclic amines) is 1. The summed E-state index contributed by atoms with van der Waals surface area (Å²) in [6, 6.07) is 12.0. The van der Waals surface area contributed by atoms with Crippen LogP contribution < -0.4 is 4.74 Å². The molecule has 1 fully saturated rings. The number of aromatic nitrogens is 3. The van der Waals surface area contributed by atoms with Gasteiger partial charge in [-0.05, 0) is 62.7 Å². The van der Waals surface area contributed by atoms with Crippen molar-refractivity contribution in [3.05, 3.63) is 60.2 Å². The van der Waals surface area contributed by atoms with Crippen LogP contribution in [0.2, 0.25) is 0 Å². The summed E-state index contributed by atoms with van der Waals surface area (Å²) < 4.78 is 11.8. The lowest BCUT2D eigenvalue weighted by Crippen LogP contribution is -2.35. The molecule has 2 aromatic heterocycles. The summed E-state index contributed by atoms with van der Waals surface area (Å²) in [5, 5.41) is 8.44. The van der Waals surface area contributed by atoms with Gasteiger partial charge in [0.1, 0.15) is 12.4 Å². The van der Waals surface area contributed by atoms with Crippen molar-refractivity contribution in [2.24, 2.45) is 0 Å². The third-order valence-electron chi connectivity index (χ3n) is 4.95. The quantitative estimate of drug-likeness (QED) is 0.664. The van der Waals surface area contributed by atoms with Crippen molar-refractivity contribution >= 4 is 0 Å². The fourth-order valence-electron chi connectivity index (χ4n) is 3.41. The maximum Gasteiger partial charge on any atom is 0.249 e. The van der Waals surface area contributed by atoms with Crippen LogP contribution in [-0.4, -0.2) is 46.3 Å². The number of rotatable bonds is 6. The van der Waals surface area contributed by atoms with E-state index in [2.05, 4.69) is 39.1 Å². The van der Waals surface area contributed by atoms with Crippen LogP contribution in [0, 0.1) is 6.92 Å². The van der Waals surface area contributed by atoms with Crippen molar-refractivity contribution < 1.29 is 9.15 Å². The highest BCUT2D eigenvalue weighted by Crippen LogP contribution is 2.29. The average Bonchev–Trinajstić information content (AvgIpc) is 3.20. The summed E-state index contributed by atoms with van der Waals surface area (Å²) in [6.45, 7) is 5.76. The fraction of sp³-hybridized carbons (Fsp3) is 0.381. The zero-order valence-electron chi connectivity index (χ0n) is 15.5. The number of hydrogen-bond acceptors (Lipinski definition) is 6. The summed E-state index contributed by atoms with van der Waals surface area (Å²) in [5.74, 6) is 2.56. The van der Waals surface area contributed by atoms with Crippen LogP contribution in [-0.2, 0) is 0 Å². The Labute approximate surface area is 159 Å². The molecule has 140 valence electrons. The van der Waals surface area contributed by atoms with Gasteiger partial charge < -0.3 is 9.15 Å². The van der Waals surface area contributed by atoms with Crippen molar-refractivity contribution in [2.45, 2.75) is 25.7 Å². The second kappa shape index (κ2) is 8.31. The molecule has 1 aromatic carbocycles. The van der Waals surface area contributed by atoms with Crippen molar-refractivity contribution in [1.29, 1.82) is 0 Å². The van der Waals surface area contributed by atoms with Gasteiger partial charge in [0.25, 0.3) is 0 Å². The third-order valence-corrected chi connectivity index (χ3v) is 4.95. The fourth-order valence-corrected chi connectivity index (χ4v) is 3.41. The number of hydrogen-bond donors (Lipinski definition) is 0. The molecule has 3 heterocycles. The van der Waals surface area contributed by atoms with E-state index < -0.39 is 0 Å². The second-order valence-corrected chi connectivity index (χ2v) is 6.97. The molecular formula is C21H24N4O2. The summed E-state index contributed by atoms with van der Waals surface area (Å²) in [4.78, 5) is 6.54. The van der Waals surface area contributed by atoms with Gasteiger partial charge >= 0.3 is 0 Å². The molecule has 1 saturated heterocycles. The van der Waals surface area contributed by atoms with Gasteiger partial charge in [-0.2, -0.15) is 0 Å². The zero-order chi connectivity index (χ0) is 18.5. The molecule has 4 rings (SSSR count). The van der Waals surface area contributed by atoms with Gasteiger partial charge in [-0.15, -0.1) is 10.2 Å². The molecule has 0 atom stereocenters. The van der Waals surface area contributed by atoms with E-state index in [1.54, 1.807) is 12.4 Å². The Kier molecular flexibility index (Phi) is 5.44. The zero-order valence-corrected chi connectivity index (χ0v) is 15.5. The lowest BCUT2D eigenvalue weighted by Gasteiger charge is -2.30. The molecule has 6 heteroatoms. The van der Waals surface area contributed by atoms with Gasteiger partial charge in [0.15, 0.2) is 0 Å². The van der Waals surface area contributed by atoms with Crippen molar-refractivity contribution in [1.82, 2.24) is 20.1 Å². The Balaban J connectivity index is 1.25. The molecule has 0 amide bonds. The minimum absolute atomic E-state index is 0.330. The highest BCUT2D eigenvalue weighted by molar-refractivity contribution is 5.50. The van der Waals surface area contributed by atoms with Crippen molar-refractivity contribution in [2.75, 3.05) is 26.2 Å². The van der Waals surface area contributed by atoms with E-state index in [9.17, 15) is 0 Å². The summed E-state index contributed by atoms with van der Waals surface area (Å²) in [5.41, 5.74) is 2.08. The Morgan fingerprint density at radius 3 is 2.81 bits per heavy atom. The van der Waals surface area contributed by atoms with Crippen LogP contribution in [0.5, 0.6) is 5.75 Å². The number of piperidine rings is 1. The second-order valence-electron chi connectivity index (χ2n) is 6.97. The van der Waals surface area contributed by atoms with Gasteiger partial charge in [0.2, 0.25) is 11.8 Å². The molecule has 3 aromatic rings. The van der Waals surface area contributed by atoms with Crippen LogP contribution in [0.15, 0.2) is 53.2 Å². The normalized spacial score (nSPS) is 15.7. The number of pyridine rings is 1. The first-order valence-corrected chi connectivity index (χ1v) is 9.43. The predicted molar refractivity (Wildman–Crippen MR) is 103 cm³/mol. The maximum atomic E-state index is 5.89. The Morgan fingerprint density at radius 2 is 2.04 bits per heavy atom. The van der Waals surface area contributed by atoms with Gasteiger partial charge in [-0.1, -0.05) is 12.1 Å². The molecule has 0 saturated carbocycles. The lowest BCUT2D eigenvalue weighted by molar-refractivity contribution is 0.166. The first-order chi connectivity index (χ1) is 13.3. The molecule has 0 radical (unpaired) electrons. The van der Waals surface area contributed by atoms with Gasteiger partial charge in [-0.3, -0.25) is 9.88 Å². The molecule has 6 nitrogen and oxygen atoms in total. The van der Waals surface area contributed by atoms with Gasteiger partial charge in [-0.25, -0.2) is 0 Å². The maximum absolute atomic E-state index is 5.89. The van der Waals surface area contributed by atoms with Crippen LogP contribution in [0.1, 0.15) is 30.2 Å². The van der Waals surface area contributed by atoms with E-state index in [0.29, 0.717) is 18.4 Å². The van der Waals surface area contributed by atoms with Crippen LogP contribution in [0.25, 0.3) is 11.5 Å². The molecule has 27 heavy (non-hydrogen) atoms. The van der Waals surface area contributed by atoms with Crippen molar-refractivity contribution in [3.63, 3.8) is 0 Å². The third kappa shape index (κ3) is 4.52. The van der Waals surface area contributed by atoms with Crippen LogP contribution in [0.4, 0.5) is 0 Å². The predicted octanol–water partition coefficient (Wildman–Crippen LogP) is 3.70. The molecule has 1 aliphatic rings. The van der Waals surface area contributed by atoms with Crippen LogP contribution >= 0.6 is 0 Å². The van der Waals surface area contributed by atoms with E-state index in [1.807, 2.05) is 24.3 Å². The minimum Gasteiger partial charge on any atom is -0.492 e. The Morgan fingerprint density at radius 1 is 1.15 bits per heavy atom. The monoisotopic (exact) mass is 364 g/mol. The largest absolute Gasteiger partial charge is 0.492 e. The Hall–Kier alpha value is -2.73. The molecule has 0 unspecified atom stereocenters. The van der Waals surface area contributed by atoms with Gasteiger partial charge in [0.05, 0.1) is 5.56 Å². The highest BCUT2D eigenvalue weighted by Gasteiger charge is 2.25. The molecular weight excluding hydrogens is 340 g/mol. The lowest BCUT2D eigenvalue weighted by atomic mass is 9.97.